The number of hydrogen-bond donors (Lipinski definition) is 0. The molecular weight excluding hydrogens is 298 g/mol. The summed E-state index contributed by atoms with van der Waals surface area (Å²) in [6, 6.07) is 7.24. The molecule has 1 heterocycles. The largest absolute Gasteiger partial charge is 0.293 e. The summed E-state index contributed by atoms with van der Waals surface area (Å²) in [5.74, 6) is -3.10. The Morgan fingerprint density at radius 1 is 1.24 bits per heavy atom. The number of carbonyl (C=O) groups is 1. The van der Waals surface area contributed by atoms with E-state index in [1.54, 1.807) is 0 Å². The van der Waals surface area contributed by atoms with Gasteiger partial charge in [-0.3, -0.25) is 4.79 Å². The van der Waals surface area contributed by atoms with Gasteiger partial charge in [0, 0.05) is 24.5 Å². The molecule has 0 unspecified atom stereocenters. The standard InChI is InChI=1S/C15H13ClF2N2O/c1-3-15(17,18)11-6-4-10(5-7-11)13-8-12(9(2)21)19-14(16)20-13/h4-8H,3H2,1-2H3. The van der Waals surface area contributed by atoms with E-state index in [-0.39, 0.29) is 28.7 Å². The summed E-state index contributed by atoms with van der Waals surface area (Å²) in [4.78, 5) is 19.2. The summed E-state index contributed by atoms with van der Waals surface area (Å²) in [5, 5.41) is -0.0549. The number of rotatable bonds is 4. The minimum absolute atomic E-state index is 0.0549. The first-order valence-electron chi connectivity index (χ1n) is 6.37. The zero-order chi connectivity index (χ0) is 15.6. The molecule has 1 aromatic heterocycles. The molecule has 6 heteroatoms. The van der Waals surface area contributed by atoms with Crippen molar-refractivity contribution in [3.63, 3.8) is 0 Å². The number of halogens is 3. The highest BCUT2D eigenvalue weighted by atomic mass is 35.5. The van der Waals surface area contributed by atoms with Gasteiger partial charge in [0.25, 0.3) is 5.92 Å². The van der Waals surface area contributed by atoms with Gasteiger partial charge in [0.1, 0.15) is 5.69 Å². The van der Waals surface area contributed by atoms with Crippen LogP contribution in [-0.4, -0.2) is 15.8 Å². The first-order chi connectivity index (χ1) is 9.83. The zero-order valence-corrected chi connectivity index (χ0v) is 12.3. The van der Waals surface area contributed by atoms with E-state index in [0.29, 0.717) is 11.3 Å². The van der Waals surface area contributed by atoms with Crippen LogP contribution in [0.3, 0.4) is 0 Å². The van der Waals surface area contributed by atoms with Crippen LogP contribution in [0, 0.1) is 0 Å². The molecule has 0 aliphatic heterocycles. The van der Waals surface area contributed by atoms with Gasteiger partial charge in [-0.05, 0) is 17.7 Å². The minimum Gasteiger partial charge on any atom is -0.293 e. The number of aromatic nitrogens is 2. The topological polar surface area (TPSA) is 42.9 Å². The third kappa shape index (κ3) is 3.42. The molecule has 0 aliphatic rings. The Kier molecular flexibility index (Phi) is 4.32. The second kappa shape index (κ2) is 5.85. The average Bonchev–Trinajstić information content (AvgIpc) is 2.46. The molecule has 0 fully saturated rings. The normalized spacial score (nSPS) is 11.5. The van der Waals surface area contributed by atoms with E-state index in [4.69, 9.17) is 11.6 Å². The van der Waals surface area contributed by atoms with Crippen LogP contribution in [0.2, 0.25) is 5.28 Å². The lowest BCUT2D eigenvalue weighted by Crippen LogP contribution is -2.11. The van der Waals surface area contributed by atoms with Gasteiger partial charge in [-0.15, -0.1) is 0 Å². The molecule has 2 rings (SSSR count). The second-order valence-electron chi connectivity index (χ2n) is 4.60. The predicted molar refractivity (Wildman–Crippen MR) is 76.7 cm³/mol. The molecule has 3 nitrogen and oxygen atoms in total. The maximum atomic E-state index is 13.6. The lowest BCUT2D eigenvalue weighted by atomic mass is 10.0. The number of Topliss-reactive ketones (excluding diaryl/α,β-unsaturated/α-hetero) is 1. The monoisotopic (exact) mass is 310 g/mol. The van der Waals surface area contributed by atoms with Crippen LogP contribution in [0.5, 0.6) is 0 Å². The molecule has 0 radical (unpaired) electrons. The Morgan fingerprint density at radius 3 is 2.38 bits per heavy atom. The molecule has 0 amide bonds. The van der Waals surface area contributed by atoms with E-state index in [9.17, 15) is 13.6 Å². The van der Waals surface area contributed by atoms with E-state index in [1.807, 2.05) is 0 Å². The van der Waals surface area contributed by atoms with Gasteiger partial charge in [-0.25, -0.2) is 18.7 Å². The fraction of sp³-hybridized carbons (Fsp3) is 0.267. The Morgan fingerprint density at radius 2 is 1.86 bits per heavy atom. The van der Waals surface area contributed by atoms with Crippen molar-refractivity contribution in [2.24, 2.45) is 0 Å². The highest BCUT2D eigenvalue weighted by Gasteiger charge is 2.28. The fourth-order valence-corrected chi connectivity index (χ4v) is 2.02. The molecule has 0 aliphatic carbocycles. The quantitative estimate of drug-likeness (QED) is 0.617. The molecule has 1 aromatic carbocycles. The van der Waals surface area contributed by atoms with Crippen LogP contribution in [0.25, 0.3) is 11.3 Å². The number of carbonyl (C=O) groups excluding carboxylic acids is 1. The van der Waals surface area contributed by atoms with Crippen molar-refractivity contribution in [1.82, 2.24) is 9.97 Å². The number of hydrogen-bond acceptors (Lipinski definition) is 3. The van der Waals surface area contributed by atoms with Gasteiger partial charge in [0.15, 0.2) is 5.78 Å². The van der Waals surface area contributed by atoms with Crippen LogP contribution in [0.4, 0.5) is 8.78 Å². The van der Waals surface area contributed by atoms with Crippen LogP contribution < -0.4 is 0 Å². The lowest BCUT2D eigenvalue weighted by Gasteiger charge is -2.14. The second-order valence-corrected chi connectivity index (χ2v) is 4.94. The fourth-order valence-electron chi connectivity index (χ4n) is 1.84. The first kappa shape index (κ1) is 15.5. The van der Waals surface area contributed by atoms with Crippen LogP contribution >= 0.6 is 11.6 Å². The molecule has 0 spiro atoms. The Labute approximate surface area is 126 Å². The minimum atomic E-state index is -2.85. The van der Waals surface area contributed by atoms with E-state index >= 15 is 0 Å². The molecule has 0 N–H and O–H groups in total. The third-order valence-electron chi connectivity index (χ3n) is 3.11. The van der Waals surface area contributed by atoms with Gasteiger partial charge in [0.05, 0.1) is 5.69 Å². The summed E-state index contributed by atoms with van der Waals surface area (Å²) in [6.45, 7) is 2.80. The molecule has 110 valence electrons. The lowest BCUT2D eigenvalue weighted by molar-refractivity contribution is -0.00827. The van der Waals surface area contributed by atoms with Gasteiger partial charge in [-0.2, -0.15) is 0 Å². The van der Waals surface area contributed by atoms with Crippen molar-refractivity contribution < 1.29 is 13.6 Å². The summed E-state index contributed by atoms with van der Waals surface area (Å²) >= 11 is 5.78. The van der Waals surface area contributed by atoms with Gasteiger partial charge < -0.3 is 0 Å². The van der Waals surface area contributed by atoms with E-state index < -0.39 is 5.92 Å². The number of nitrogens with zero attached hydrogens (tertiary/aromatic N) is 2. The number of alkyl halides is 2. The molecular formula is C15H13ClF2N2O. The number of ketones is 1. The van der Waals surface area contributed by atoms with Gasteiger partial charge >= 0.3 is 0 Å². The van der Waals surface area contributed by atoms with E-state index in [0.717, 1.165) is 0 Å². The Hall–Kier alpha value is -1.88. The van der Waals surface area contributed by atoms with E-state index in [1.165, 1.54) is 44.2 Å². The maximum absolute atomic E-state index is 13.6. The third-order valence-corrected chi connectivity index (χ3v) is 3.28. The summed E-state index contributed by atoms with van der Waals surface area (Å²) in [7, 11) is 0. The van der Waals surface area contributed by atoms with Crippen LogP contribution in [0.1, 0.15) is 36.3 Å². The van der Waals surface area contributed by atoms with E-state index in [2.05, 4.69) is 9.97 Å². The molecule has 0 saturated heterocycles. The molecule has 0 bridgehead atoms. The van der Waals surface area contributed by atoms with Gasteiger partial charge in [0.2, 0.25) is 5.28 Å². The van der Waals surface area contributed by atoms with Crippen LogP contribution in [0.15, 0.2) is 30.3 Å². The van der Waals surface area contributed by atoms with Crippen molar-refractivity contribution in [3.05, 3.63) is 46.9 Å². The molecule has 21 heavy (non-hydrogen) atoms. The van der Waals surface area contributed by atoms with Crippen molar-refractivity contribution in [2.75, 3.05) is 0 Å². The SMILES string of the molecule is CCC(F)(F)c1ccc(-c2cc(C(C)=O)nc(Cl)n2)cc1. The Bertz CT molecular complexity index is 672. The predicted octanol–water partition coefficient (Wildman–Crippen LogP) is 4.50. The van der Waals surface area contributed by atoms with Crippen molar-refractivity contribution in [1.29, 1.82) is 0 Å². The highest BCUT2D eigenvalue weighted by molar-refractivity contribution is 6.28. The summed E-state index contributed by atoms with van der Waals surface area (Å²) in [5.41, 5.74) is 1.15. The molecule has 0 atom stereocenters. The highest BCUT2D eigenvalue weighted by Crippen LogP contribution is 2.32. The summed E-state index contributed by atoms with van der Waals surface area (Å²) in [6.07, 6.45) is -0.264. The average molecular weight is 311 g/mol. The van der Waals surface area contributed by atoms with Gasteiger partial charge in [-0.1, -0.05) is 31.2 Å². The van der Waals surface area contributed by atoms with Crippen molar-refractivity contribution >= 4 is 17.4 Å². The first-order valence-corrected chi connectivity index (χ1v) is 6.75. The van der Waals surface area contributed by atoms with Crippen molar-refractivity contribution in [3.8, 4) is 11.3 Å². The smallest absolute Gasteiger partial charge is 0.273 e. The van der Waals surface area contributed by atoms with Crippen molar-refractivity contribution in [2.45, 2.75) is 26.2 Å². The maximum Gasteiger partial charge on any atom is 0.273 e. The zero-order valence-electron chi connectivity index (χ0n) is 11.5. The molecule has 2 aromatic rings. The summed E-state index contributed by atoms with van der Waals surface area (Å²) < 4.78 is 27.1. The van der Waals surface area contributed by atoms with Crippen LogP contribution in [-0.2, 0) is 5.92 Å². The number of benzene rings is 1. The molecule has 0 saturated carbocycles. The Balaban J connectivity index is 2.42.